The lowest BCUT2D eigenvalue weighted by molar-refractivity contribution is 0.393. The van der Waals surface area contributed by atoms with Crippen LogP contribution in [0.25, 0.3) is 11.5 Å². The quantitative estimate of drug-likeness (QED) is 0.921. The fraction of sp³-hybridized carbons (Fsp3) is 0.385. The summed E-state index contributed by atoms with van der Waals surface area (Å²) in [7, 11) is 0. The molecule has 0 saturated carbocycles. The number of hydrogen-bond acceptors (Lipinski definition) is 4. The number of nitrogens with zero attached hydrogens (tertiary/aromatic N) is 2. The Kier molecular flexibility index (Phi) is 4.50. The normalized spacial score (nSPS) is 18.9. The van der Waals surface area contributed by atoms with Gasteiger partial charge in [-0.1, -0.05) is 5.16 Å². The van der Waals surface area contributed by atoms with E-state index in [1.54, 1.807) is 12.1 Å². The molecule has 1 fully saturated rings. The molecule has 0 amide bonds. The van der Waals surface area contributed by atoms with Crippen LogP contribution in [0.1, 0.15) is 24.6 Å². The molecule has 0 unspecified atom stereocenters. The first-order valence-corrected chi connectivity index (χ1v) is 6.13. The molecule has 1 aliphatic heterocycles. The Balaban J connectivity index is 0.00000133. The molecule has 102 valence electrons. The summed E-state index contributed by atoms with van der Waals surface area (Å²) in [6.07, 6.45) is 2.21. The Morgan fingerprint density at radius 3 is 2.74 bits per heavy atom. The molecule has 0 spiro atoms. The van der Waals surface area contributed by atoms with Crippen LogP contribution in [0.5, 0.6) is 0 Å². The second-order valence-electron chi connectivity index (χ2n) is 4.51. The Hall–Kier alpha value is -1.46. The topological polar surface area (TPSA) is 51.0 Å². The molecule has 0 aliphatic carbocycles. The number of nitrogens with one attached hydrogen (secondary N) is 1. The van der Waals surface area contributed by atoms with Crippen molar-refractivity contribution in [3.63, 3.8) is 0 Å². The van der Waals surface area contributed by atoms with E-state index in [1.807, 2.05) is 0 Å². The zero-order chi connectivity index (χ0) is 12.4. The largest absolute Gasteiger partial charge is 0.334 e. The van der Waals surface area contributed by atoms with Crippen LogP contribution in [0.15, 0.2) is 28.8 Å². The highest BCUT2D eigenvalue weighted by molar-refractivity contribution is 5.85. The van der Waals surface area contributed by atoms with Gasteiger partial charge in [0.2, 0.25) is 0 Å². The number of piperidine rings is 1. The number of rotatable bonds is 2. The first-order chi connectivity index (χ1) is 8.83. The highest BCUT2D eigenvalue weighted by Crippen LogP contribution is 2.24. The molecule has 1 aromatic carbocycles. The molecular formula is C13H15ClFN3O. The minimum atomic E-state index is -0.269. The summed E-state index contributed by atoms with van der Waals surface area (Å²) in [6, 6.07) is 6.07. The molecule has 6 heteroatoms. The fourth-order valence-electron chi connectivity index (χ4n) is 2.18. The van der Waals surface area contributed by atoms with Crippen LogP contribution in [0.2, 0.25) is 0 Å². The van der Waals surface area contributed by atoms with Gasteiger partial charge in [-0.3, -0.25) is 0 Å². The summed E-state index contributed by atoms with van der Waals surface area (Å²) in [4.78, 5) is 4.39. The fourth-order valence-corrected chi connectivity index (χ4v) is 2.18. The van der Waals surface area contributed by atoms with Crippen LogP contribution in [-0.2, 0) is 0 Å². The van der Waals surface area contributed by atoms with Gasteiger partial charge in [-0.05, 0) is 43.7 Å². The van der Waals surface area contributed by atoms with Crippen LogP contribution >= 0.6 is 12.4 Å². The molecule has 1 atom stereocenters. The SMILES string of the molecule is Cl.Fc1ccc(-c2nc([C@H]3CCCNC3)no2)cc1. The summed E-state index contributed by atoms with van der Waals surface area (Å²) in [5.41, 5.74) is 0.749. The average Bonchev–Trinajstić information content (AvgIpc) is 2.90. The molecule has 1 aromatic heterocycles. The summed E-state index contributed by atoms with van der Waals surface area (Å²) < 4.78 is 18.1. The van der Waals surface area contributed by atoms with Gasteiger partial charge in [-0.15, -0.1) is 12.4 Å². The van der Waals surface area contributed by atoms with E-state index >= 15 is 0 Å². The Morgan fingerprint density at radius 2 is 2.05 bits per heavy atom. The van der Waals surface area contributed by atoms with Crippen molar-refractivity contribution < 1.29 is 8.91 Å². The molecular weight excluding hydrogens is 269 g/mol. The maximum Gasteiger partial charge on any atom is 0.257 e. The van der Waals surface area contributed by atoms with Crippen molar-refractivity contribution in [3.8, 4) is 11.5 Å². The van der Waals surface area contributed by atoms with Gasteiger partial charge in [0, 0.05) is 18.0 Å². The zero-order valence-electron chi connectivity index (χ0n) is 10.3. The first kappa shape index (κ1) is 14.0. The lowest BCUT2D eigenvalue weighted by Gasteiger charge is -2.19. The average molecular weight is 284 g/mol. The first-order valence-electron chi connectivity index (χ1n) is 6.13. The third kappa shape index (κ3) is 3.11. The van der Waals surface area contributed by atoms with E-state index in [1.165, 1.54) is 12.1 Å². The summed E-state index contributed by atoms with van der Waals surface area (Å²) >= 11 is 0. The second-order valence-corrected chi connectivity index (χ2v) is 4.51. The van der Waals surface area contributed by atoms with Gasteiger partial charge in [-0.25, -0.2) is 4.39 Å². The minimum absolute atomic E-state index is 0. The van der Waals surface area contributed by atoms with Crippen molar-refractivity contribution in [2.75, 3.05) is 13.1 Å². The van der Waals surface area contributed by atoms with Gasteiger partial charge in [0.05, 0.1) is 0 Å². The van der Waals surface area contributed by atoms with Crippen molar-refractivity contribution in [1.82, 2.24) is 15.5 Å². The summed E-state index contributed by atoms with van der Waals surface area (Å²) in [5, 5.41) is 7.34. The maximum absolute atomic E-state index is 12.8. The Morgan fingerprint density at radius 1 is 1.26 bits per heavy atom. The highest BCUT2D eigenvalue weighted by Gasteiger charge is 2.21. The molecule has 2 heterocycles. The van der Waals surface area contributed by atoms with Crippen LogP contribution in [-0.4, -0.2) is 23.2 Å². The van der Waals surface area contributed by atoms with Crippen molar-refractivity contribution in [1.29, 1.82) is 0 Å². The number of halogens is 2. The maximum atomic E-state index is 12.8. The molecule has 3 rings (SSSR count). The molecule has 4 nitrogen and oxygen atoms in total. The number of hydrogen-bond donors (Lipinski definition) is 1. The van der Waals surface area contributed by atoms with Crippen LogP contribution < -0.4 is 5.32 Å². The predicted molar refractivity (Wildman–Crippen MR) is 71.8 cm³/mol. The van der Waals surface area contributed by atoms with Gasteiger partial charge in [0.1, 0.15) is 5.82 Å². The Bertz CT molecular complexity index is 523. The van der Waals surface area contributed by atoms with Gasteiger partial charge in [0.15, 0.2) is 5.82 Å². The molecule has 1 saturated heterocycles. The molecule has 0 bridgehead atoms. The molecule has 2 aromatic rings. The summed E-state index contributed by atoms with van der Waals surface area (Å²) in [6.45, 7) is 1.95. The Labute approximate surface area is 116 Å². The lowest BCUT2D eigenvalue weighted by Crippen LogP contribution is -2.28. The van der Waals surface area contributed by atoms with Crippen LogP contribution in [0, 0.1) is 5.82 Å². The number of benzene rings is 1. The molecule has 0 radical (unpaired) electrons. The van der Waals surface area contributed by atoms with E-state index < -0.39 is 0 Å². The van der Waals surface area contributed by atoms with Crippen molar-refractivity contribution in [3.05, 3.63) is 35.9 Å². The second kappa shape index (κ2) is 6.12. The van der Waals surface area contributed by atoms with Crippen LogP contribution in [0.4, 0.5) is 4.39 Å². The monoisotopic (exact) mass is 283 g/mol. The van der Waals surface area contributed by atoms with Gasteiger partial charge >= 0.3 is 0 Å². The van der Waals surface area contributed by atoms with E-state index in [2.05, 4.69) is 15.5 Å². The third-order valence-corrected chi connectivity index (χ3v) is 3.19. The van der Waals surface area contributed by atoms with Gasteiger partial charge in [-0.2, -0.15) is 4.98 Å². The van der Waals surface area contributed by atoms with Gasteiger partial charge in [0.25, 0.3) is 5.89 Å². The third-order valence-electron chi connectivity index (χ3n) is 3.19. The molecule has 19 heavy (non-hydrogen) atoms. The van der Waals surface area contributed by atoms with Gasteiger partial charge < -0.3 is 9.84 Å². The van der Waals surface area contributed by atoms with Crippen molar-refractivity contribution in [2.24, 2.45) is 0 Å². The van der Waals surface area contributed by atoms with E-state index in [9.17, 15) is 4.39 Å². The van der Waals surface area contributed by atoms with Crippen molar-refractivity contribution in [2.45, 2.75) is 18.8 Å². The lowest BCUT2D eigenvalue weighted by atomic mass is 9.99. The van der Waals surface area contributed by atoms with Crippen LogP contribution in [0.3, 0.4) is 0 Å². The highest BCUT2D eigenvalue weighted by atomic mass is 35.5. The zero-order valence-corrected chi connectivity index (χ0v) is 11.1. The van der Waals surface area contributed by atoms with E-state index in [-0.39, 0.29) is 18.2 Å². The predicted octanol–water partition coefficient (Wildman–Crippen LogP) is 2.76. The molecule has 1 N–H and O–H groups in total. The number of aromatic nitrogens is 2. The molecule has 1 aliphatic rings. The minimum Gasteiger partial charge on any atom is -0.334 e. The smallest absolute Gasteiger partial charge is 0.257 e. The van der Waals surface area contributed by atoms with E-state index in [4.69, 9.17) is 4.52 Å². The van der Waals surface area contributed by atoms with Crippen molar-refractivity contribution >= 4 is 12.4 Å². The van der Waals surface area contributed by atoms with E-state index in [0.717, 1.165) is 37.3 Å². The standard InChI is InChI=1S/C13H14FN3O.ClH/c14-11-5-3-9(4-6-11)13-16-12(17-18-13)10-2-1-7-15-8-10;/h3-6,10,15H,1-2,7-8H2;1H/t10-;/m0./s1. The van der Waals surface area contributed by atoms with E-state index in [0.29, 0.717) is 11.8 Å². The summed E-state index contributed by atoms with van der Waals surface area (Å²) in [5.74, 6) is 1.24.